The second kappa shape index (κ2) is 6.59. The van der Waals surface area contributed by atoms with Gasteiger partial charge in [-0.1, -0.05) is 18.2 Å². The number of anilines is 1. The highest BCUT2D eigenvalue weighted by atomic mass is 32.2. The molecule has 0 aliphatic carbocycles. The van der Waals surface area contributed by atoms with Crippen LogP contribution in [0, 0.1) is 0 Å². The largest absolute Gasteiger partial charge is 0.477 e. The van der Waals surface area contributed by atoms with Crippen molar-refractivity contribution in [1.82, 2.24) is 10.2 Å². The summed E-state index contributed by atoms with van der Waals surface area (Å²) >= 11 is 6.67. The van der Waals surface area contributed by atoms with Crippen LogP contribution in [0.1, 0.15) is 12.8 Å². The summed E-state index contributed by atoms with van der Waals surface area (Å²) < 4.78 is 0. The molecule has 0 aromatic heterocycles. The molecule has 0 bridgehead atoms. The molecule has 0 spiro atoms. The normalized spacial score (nSPS) is 19.2. The molecule has 1 atom stereocenters. The SMILES string of the molecule is O=C(O)C1=C(CCNC(=S)Nc2ccccc2)S[C@H]2CC(=O)N12. The first kappa shape index (κ1) is 15.8. The van der Waals surface area contributed by atoms with Gasteiger partial charge in [0, 0.05) is 17.1 Å². The van der Waals surface area contributed by atoms with Crippen molar-refractivity contribution in [2.24, 2.45) is 0 Å². The number of hydrogen-bond donors (Lipinski definition) is 3. The van der Waals surface area contributed by atoms with Crippen LogP contribution in [-0.4, -0.2) is 38.9 Å². The molecule has 2 aliphatic heterocycles. The number of benzene rings is 1. The van der Waals surface area contributed by atoms with Gasteiger partial charge in [0.25, 0.3) is 0 Å². The fourth-order valence-corrected chi connectivity index (χ4v) is 4.11. The van der Waals surface area contributed by atoms with Crippen molar-refractivity contribution in [2.75, 3.05) is 11.9 Å². The lowest BCUT2D eigenvalue weighted by Gasteiger charge is -2.33. The molecule has 3 rings (SSSR count). The summed E-state index contributed by atoms with van der Waals surface area (Å²) in [4.78, 5) is 25.0. The molecule has 23 heavy (non-hydrogen) atoms. The number of carbonyl (C=O) groups is 2. The van der Waals surface area contributed by atoms with Gasteiger partial charge in [0.2, 0.25) is 5.91 Å². The molecule has 2 aliphatic rings. The third-order valence-electron chi connectivity index (χ3n) is 3.56. The molecule has 1 saturated heterocycles. The molecule has 0 radical (unpaired) electrons. The molecule has 1 aromatic rings. The average Bonchev–Trinajstić information content (AvgIpc) is 2.81. The second-order valence-corrected chi connectivity index (χ2v) is 6.80. The van der Waals surface area contributed by atoms with Crippen molar-refractivity contribution in [2.45, 2.75) is 18.2 Å². The van der Waals surface area contributed by atoms with Crippen molar-refractivity contribution in [3.63, 3.8) is 0 Å². The standard InChI is InChI=1S/C15H15N3O3S2/c19-11-8-12-18(11)13(14(20)21)10(23-12)6-7-16-15(22)17-9-4-2-1-3-5-9/h1-5,12H,6-8H2,(H,20,21)(H2,16,17,22)/t12-/m0/s1. The number of thioether (sulfide) groups is 1. The third kappa shape index (κ3) is 3.32. The van der Waals surface area contributed by atoms with E-state index in [0.29, 0.717) is 24.5 Å². The number of thiocarbonyl (C=S) groups is 1. The summed E-state index contributed by atoms with van der Waals surface area (Å²) in [5.41, 5.74) is 1.01. The van der Waals surface area contributed by atoms with Crippen molar-refractivity contribution < 1.29 is 14.7 Å². The zero-order valence-electron chi connectivity index (χ0n) is 12.1. The van der Waals surface area contributed by atoms with E-state index in [-0.39, 0.29) is 17.0 Å². The minimum Gasteiger partial charge on any atom is -0.477 e. The van der Waals surface area contributed by atoms with Gasteiger partial charge in [0.1, 0.15) is 5.70 Å². The maximum Gasteiger partial charge on any atom is 0.353 e. The molecule has 1 fully saturated rings. The van der Waals surface area contributed by atoms with Crippen molar-refractivity contribution in [3.05, 3.63) is 40.9 Å². The van der Waals surface area contributed by atoms with Crippen LogP contribution in [0.5, 0.6) is 0 Å². The fourth-order valence-electron chi connectivity index (χ4n) is 2.49. The van der Waals surface area contributed by atoms with E-state index in [4.69, 9.17) is 12.2 Å². The number of carboxylic acid groups (broad SMARTS) is 1. The van der Waals surface area contributed by atoms with E-state index in [0.717, 1.165) is 10.6 Å². The van der Waals surface area contributed by atoms with Crippen LogP contribution in [0.3, 0.4) is 0 Å². The van der Waals surface area contributed by atoms with Gasteiger partial charge < -0.3 is 15.7 Å². The first-order valence-corrected chi connectivity index (χ1v) is 8.40. The van der Waals surface area contributed by atoms with Gasteiger partial charge in [-0.05, 0) is 30.8 Å². The Morgan fingerprint density at radius 3 is 2.78 bits per heavy atom. The summed E-state index contributed by atoms with van der Waals surface area (Å²) in [6.45, 7) is 0.506. The van der Waals surface area contributed by atoms with Crippen molar-refractivity contribution >= 4 is 46.7 Å². The summed E-state index contributed by atoms with van der Waals surface area (Å²) in [6.07, 6.45) is 0.926. The van der Waals surface area contributed by atoms with Crippen LogP contribution in [-0.2, 0) is 9.59 Å². The number of para-hydroxylation sites is 1. The minimum atomic E-state index is -1.05. The molecular formula is C15H15N3O3S2. The number of β-lactam (4-membered cyclic amide) rings is 1. The van der Waals surface area contributed by atoms with Crippen molar-refractivity contribution in [1.29, 1.82) is 0 Å². The highest BCUT2D eigenvalue weighted by Gasteiger charge is 2.47. The van der Waals surface area contributed by atoms with Crippen molar-refractivity contribution in [3.8, 4) is 0 Å². The van der Waals surface area contributed by atoms with Gasteiger partial charge in [-0.25, -0.2) is 4.79 Å². The number of carbonyl (C=O) groups excluding carboxylic acids is 1. The van der Waals surface area contributed by atoms with Gasteiger partial charge in [-0.15, -0.1) is 11.8 Å². The molecule has 3 N–H and O–H groups in total. The Balaban J connectivity index is 1.54. The van der Waals surface area contributed by atoms with Gasteiger partial charge in [-0.2, -0.15) is 0 Å². The van der Waals surface area contributed by atoms with Crippen LogP contribution in [0.25, 0.3) is 0 Å². The zero-order chi connectivity index (χ0) is 16.4. The molecule has 0 saturated carbocycles. The molecule has 0 unspecified atom stereocenters. The molecule has 120 valence electrons. The Morgan fingerprint density at radius 2 is 2.13 bits per heavy atom. The van der Waals surface area contributed by atoms with Gasteiger partial charge >= 0.3 is 5.97 Å². The molecule has 1 amide bonds. The maximum atomic E-state index is 11.5. The number of carboxylic acids is 1. The van der Waals surface area contributed by atoms with E-state index in [1.54, 1.807) is 0 Å². The lowest BCUT2D eigenvalue weighted by Crippen LogP contribution is -2.48. The molecule has 2 heterocycles. The summed E-state index contributed by atoms with van der Waals surface area (Å²) in [6, 6.07) is 9.55. The summed E-state index contributed by atoms with van der Waals surface area (Å²) in [7, 11) is 0. The highest BCUT2D eigenvalue weighted by Crippen LogP contribution is 2.47. The third-order valence-corrected chi connectivity index (χ3v) is 5.14. The summed E-state index contributed by atoms with van der Waals surface area (Å²) in [5.74, 6) is -1.17. The van der Waals surface area contributed by atoms with Crippen LogP contribution >= 0.6 is 24.0 Å². The van der Waals surface area contributed by atoms with Gasteiger partial charge in [-0.3, -0.25) is 9.69 Å². The van der Waals surface area contributed by atoms with Gasteiger partial charge in [0.15, 0.2) is 5.11 Å². The monoisotopic (exact) mass is 349 g/mol. The number of nitrogens with one attached hydrogen (secondary N) is 2. The van der Waals surface area contributed by atoms with Crippen LogP contribution in [0.2, 0.25) is 0 Å². The zero-order valence-corrected chi connectivity index (χ0v) is 13.7. The lowest BCUT2D eigenvalue weighted by molar-refractivity contribution is -0.145. The van der Waals surface area contributed by atoms with E-state index >= 15 is 0 Å². The maximum absolute atomic E-state index is 11.5. The average molecular weight is 349 g/mol. The predicted molar refractivity (Wildman–Crippen MR) is 92.8 cm³/mol. The Morgan fingerprint density at radius 1 is 1.39 bits per heavy atom. The van der Waals surface area contributed by atoms with E-state index < -0.39 is 5.97 Å². The first-order chi connectivity index (χ1) is 11.1. The molecule has 1 aromatic carbocycles. The van der Waals surface area contributed by atoms with Crippen LogP contribution < -0.4 is 10.6 Å². The van der Waals surface area contributed by atoms with E-state index in [1.165, 1.54) is 16.7 Å². The van der Waals surface area contributed by atoms with Gasteiger partial charge in [0.05, 0.1) is 11.8 Å². The van der Waals surface area contributed by atoms with Crippen LogP contribution in [0.4, 0.5) is 5.69 Å². The second-order valence-electron chi connectivity index (χ2n) is 5.11. The number of nitrogens with zero attached hydrogens (tertiary/aromatic N) is 1. The number of rotatable bonds is 5. The first-order valence-electron chi connectivity index (χ1n) is 7.11. The smallest absolute Gasteiger partial charge is 0.353 e. The Kier molecular flexibility index (Phi) is 4.53. The number of fused-ring (bicyclic) bond motifs is 1. The Bertz CT molecular complexity index is 690. The Labute approximate surface area is 142 Å². The molecule has 8 heteroatoms. The number of hydrogen-bond acceptors (Lipinski definition) is 4. The van der Waals surface area contributed by atoms with E-state index in [1.807, 2.05) is 30.3 Å². The van der Waals surface area contributed by atoms with E-state index in [9.17, 15) is 14.7 Å². The Hall–Kier alpha value is -2.06. The quantitative estimate of drug-likeness (QED) is 0.554. The number of aliphatic carboxylic acids is 1. The topological polar surface area (TPSA) is 81.7 Å². The van der Waals surface area contributed by atoms with Crippen LogP contribution in [0.15, 0.2) is 40.9 Å². The summed E-state index contributed by atoms with van der Waals surface area (Å²) in [5, 5.41) is 15.9. The molecular weight excluding hydrogens is 334 g/mol. The predicted octanol–water partition coefficient (Wildman–Crippen LogP) is 1.96. The minimum absolute atomic E-state index is 0.0435. The molecule has 6 nitrogen and oxygen atoms in total. The fraction of sp³-hybridized carbons (Fsp3) is 0.267. The van der Waals surface area contributed by atoms with E-state index in [2.05, 4.69) is 10.6 Å². The highest BCUT2D eigenvalue weighted by molar-refractivity contribution is 8.04. The lowest BCUT2D eigenvalue weighted by atomic mass is 10.1. The number of amides is 1.